The van der Waals surface area contributed by atoms with Crippen molar-refractivity contribution >= 4 is 17.7 Å². The van der Waals surface area contributed by atoms with Gasteiger partial charge in [-0.2, -0.15) is 0 Å². The van der Waals surface area contributed by atoms with Crippen molar-refractivity contribution in [2.45, 2.75) is 44.3 Å². The highest BCUT2D eigenvalue weighted by Gasteiger charge is 2.41. The average Bonchev–Trinajstić information content (AvgIpc) is 3.19. The van der Waals surface area contributed by atoms with E-state index in [4.69, 9.17) is 0 Å². The van der Waals surface area contributed by atoms with Gasteiger partial charge in [0.2, 0.25) is 11.8 Å². The first kappa shape index (κ1) is 21.0. The molecule has 3 heterocycles. The number of nitrogens with zero attached hydrogens (tertiary/aromatic N) is 3. The van der Waals surface area contributed by atoms with Crippen LogP contribution in [0.5, 0.6) is 0 Å². The van der Waals surface area contributed by atoms with Crippen LogP contribution in [0, 0.1) is 5.82 Å². The van der Waals surface area contributed by atoms with Gasteiger partial charge in [-0.05, 0) is 43.0 Å². The van der Waals surface area contributed by atoms with Gasteiger partial charge in [-0.3, -0.25) is 19.4 Å². The first-order chi connectivity index (χ1) is 15.0. The lowest BCUT2D eigenvalue weighted by Gasteiger charge is -2.39. The topological polar surface area (TPSA) is 82.6 Å². The predicted molar refractivity (Wildman–Crippen MR) is 111 cm³/mol. The Morgan fingerprint density at radius 3 is 2.58 bits per heavy atom. The molecule has 2 aliphatic heterocycles. The Labute approximate surface area is 180 Å². The predicted octanol–water partition coefficient (Wildman–Crippen LogP) is 2.13. The third kappa shape index (κ3) is 4.57. The van der Waals surface area contributed by atoms with E-state index < -0.39 is 11.9 Å². The molecule has 2 aromatic rings. The molecule has 31 heavy (non-hydrogen) atoms. The molecule has 3 amide bonds. The van der Waals surface area contributed by atoms with Crippen molar-refractivity contribution in [3.63, 3.8) is 0 Å². The Hall–Kier alpha value is -3.29. The number of hydrogen-bond acceptors (Lipinski definition) is 4. The fourth-order valence-electron chi connectivity index (χ4n) is 4.38. The minimum atomic E-state index is -0.533. The Morgan fingerprint density at radius 1 is 1.10 bits per heavy atom. The highest BCUT2D eigenvalue weighted by Crippen LogP contribution is 2.28. The number of pyridine rings is 1. The zero-order valence-electron chi connectivity index (χ0n) is 17.2. The zero-order chi connectivity index (χ0) is 21.8. The minimum Gasteiger partial charge on any atom is -0.350 e. The lowest BCUT2D eigenvalue weighted by molar-refractivity contribution is -0.138. The highest BCUT2D eigenvalue weighted by atomic mass is 19.1. The van der Waals surface area contributed by atoms with Crippen LogP contribution < -0.4 is 5.32 Å². The van der Waals surface area contributed by atoms with Crippen LogP contribution in [-0.2, 0) is 16.1 Å². The Bertz CT molecular complexity index is 960. The quantitative estimate of drug-likeness (QED) is 0.797. The van der Waals surface area contributed by atoms with Crippen molar-refractivity contribution in [3.05, 3.63) is 65.7 Å². The Balaban J connectivity index is 1.36. The monoisotopic (exact) mass is 424 g/mol. The SMILES string of the molecule is O=C(NCc1cccnc1)[C@@H]1CCC(=O)N1C1CCN(C(=O)c2ccccc2F)CC1. The zero-order valence-corrected chi connectivity index (χ0v) is 17.2. The van der Waals surface area contributed by atoms with E-state index in [1.807, 2.05) is 12.1 Å². The van der Waals surface area contributed by atoms with Gasteiger partial charge in [-0.15, -0.1) is 0 Å². The molecule has 7 nitrogen and oxygen atoms in total. The molecule has 1 atom stereocenters. The van der Waals surface area contributed by atoms with Crippen LogP contribution in [0.4, 0.5) is 4.39 Å². The summed E-state index contributed by atoms with van der Waals surface area (Å²) in [4.78, 5) is 45.3. The maximum absolute atomic E-state index is 14.0. The summed E-state index contributed by atoms with van der Waals surface area (Å²) in [7, 11) is 0. The molecule has 1 N–H and O–H groups in total. The number of benzene rings is 1. The summed E-state index contributed by atoms with van der Waals surface area (Å²) >= 11 is 0. The fraction of sp³-hybridized carbons (Fsp3) is 0.391. The van der Waals surface area contributed by atoms with Gasteiger partial charge in [-0.25, -0.2) is 4.39 Å². The van der Waals surface area contributed by atoms with Gasteiger partial charge >= 0.3 is 0 Å². The fourth-order valence-corrected chi connectivity index (χ4v) is 4.38. The molecule has 0 unspecified atom stereocenters. The number of halogens is 1. The minimum absolute atomic E-state index is 0.0274. The molecule has 4 rings (SSSR count). The number of rotatable bonds is 5. The first-order valence-corrected chi connectivity index (χ1v) is 10.6. The second-order valence-electron chi connectivity index (χ2n) is 7.94. The van der Waals surface area contributed by atoms with Gasteiger partial charge in [-0.1, -0.05) is 18.2 Å². The van der Waals surface area contributed by atoms with Crippen molar-refractivity contribution in [1.29, 1.82) is 0 Å². The second-order valence-corrected chi connectivity index (χ2v) is 7.94. The van der Waals surface area contributed by atoms with E-state index >= 15 is 0 Å². The summed E-state index contributed by atoms with van der Waals surface area (Å²) in [5.41, 5.74) is 0.956. The molecule has 0 bridgehead atoms. The van der Waals surface area contributed by atoms with Crippen LogP contribution in [0.2, 0.25) is 0 Å². The van der Waals surface area contributed by atoms with E-state index in [1.165, 1.54) is 12.1 Å². The molecule has 8 heteroatoms. The highest BCUT2D eigenvalue weighted by molar-refractivity contribution is 5.94. The van der Waals surface area contributed by atoms with Crippen LogP contribution in [0.15, 0.2) is 48.8 Å². The lowest BCUT2D eigenvalue weighted by Crippen LogP contribution is -2.53. The first-order valence-electron chi connectivity index (χ1n) is 10.6. The Kier molecular flexibility index (Phi) is 6.25. The number of piperidine rings is 1. The van der Waals surface area contributed by atoms with Crippen molar-refractivity contribution < 1.29 is 18.8 Å². The van der Waals surface area contributed by atoms with E-state index in [9.17, 15) is 18.8 Å². The van der Waals surface area contributed by atoms with Crippen LogP contribution >= 0.6 is 0 Å². The number of carbonyl (C=O) groups excluding carboxylic acids is 3. The lowest BCUT2D eigenvalue weighted by atomic mass is 10.0. The normalized spacial score (nSPS) is 19.5. The van der Waals surface area contributed by atoms with Gasteiger partial charge in [0.15, 0.2) is 0 Å². The molecule has 0 radical (unpaired) electrons. The van der Waals surface area contributed by atoms with E-state index in [2.05, 4.69) is 10.3 Å². The molecule has 2 fully saturated rings. The number of nitrogens with one attached hydrogen (secondary N) is 1. The third-order valence-corrected chi connectivity index (χ3v) is 6.00. The van der Waals surface area contributed by atoms with Crippen LogP contribution in [0.3, 0.4) is 0 Å². The molecule has 2 saturated heterocycles. The standard InChI is InChI=1S/C23H25FN4O3/c24-19-6-2-1-5-18(19)23(31)27-12-9-17(10-13-27)28-20(7-8-21(28)29)22(30)26-15-16-4-3-11-25-14-16/h1-6,11,14,17,20H,7-10,12-13,15H2,(H,26,30)/t20-/m0/s1. The maximum Gasteiger partial charge on any atom is 0.256 e. The smallest absolute Gasteiger partial charge is 0.256 e. The molecule has 0 saturated carbocycles. The van der Waals surface area contributed by atoms with E-state index in [0.717, 1.165) is 5.56 Å². The summed E-state index contributed by atoms with van der Waals surface area (Å²) in [6.07, 6.45) is 5.34. The molecule has 0 aliphatic carbocycles. The summed E-state index contributed by atoms with van der Waals surface area (Å²) in [6.45, 7) is 1.21. The largest absolute Gasteiger partial charge is 0.350 e. The summed E-state index contributed by atoms with van der Waals surface area (Å²) in [5.74, 6) is -1.07. The number of hydrogen-bond donors (Lipinski definition) is 1. The second kappa shape index (κ2) is 9.24. The number of carbonyl (C=O) groups is 3. The molecule has 0 spiro atoms. The van der Waals surface area contributed by atoms with Gasteiger partial charge in [0.1, 0.15) is 11.9 Å². The van der Waals surface area contributed by atoms with Crippen molar-refractivity contribution in [2.75, 3.05) is 13.1 Å². The molecule has 1 aromatic heterocycles. The van der Waals surface area contributed by atoms with Gasteiger partial charge in [0, 0.05) is 44.5 Å². The summed E-state index contributed by atoms with van der Waals surface area (Å²) < 4.78 is 14.0. The van der Waals surface area contributed by atoms with Crippen molar-refractivity contribution in [1.82, 2.24) is 20.1 Å². The van der Waals surface area contributed by atoms with E-state index in [-0.39, 0.29) is 29.3 Å². The number of aromatic nitrogens is 1. The average molecular weight is 424 g/mol. The molecular formula is C23H25FN4O3. The summed E-state index contributed by atoms with van der Waals surface area (Å²) in [5, 5.41) is 2.91. The Morgan fingerprint density at radius 2 is 1.87 bits per heavy atom. The number of amides is 3. The van der Waals surface area contributed by atoms with Gasteiger partial charge in [0.25, 0.3) is 5.91 Å². The van der Waals surface area contributed by atoms with E-state index in [1.54, 1.807) is 34.3 Å². The molecular weight excluding hydrogens is 399 g/mol. The van der Waals surface area contributed by atoms with Crippen molar-refractivity contribution in [3.8, 4) is 0 Å². The summed E-state index contributed by atoms with van der Waals surface area (Å²) in [6, 6.07) is 9.04. The van der Waals surface area contributed by atoms with Crippen molar-refractivity contribution in [2.24, 2.45) is 0 Å². The molecule has 1 aromatic carbocycles. The number of likely N-dealkylation sites (tertiary alicyclic amines) is 2. The van der Waals surface area contributed by atoms with Gasteiger partial charge in [0.05, 0.1) is 5.56 Å². The van der Waals surface area contributed by atoms with Crippen LogP contribution in [0.1, 0.15) is 41.6 Å². The van der Waals surface area contributed by atoms with E-state index in [0.29, 0.717) is 45.3 Å². The molecule has 162 valence electrons. The third-order valence-electron chi connectivity index (χ3n) is 6.00. The van der Waals surface area contributed by atoms with Crippen LogP contribution in [-0.4, -0.2) is 57.7 Å². The molecule has 2 aliphatic rings. The van der Waals surface area contributed by atoms with Gasteiger partial charge < -0.3 is 15.1 Å². The maximum atomic E-state index is 14.0. The van der Waals surface area contributed by atoms with Crippen LogP contribution in [0.25, 0.3) is 0 Å².